The number of amides is 1. The predicted molar refractivity (Wildman–Crippen MR) is 61.6 cm³/mol. The molecule has 1 rings (SSSR count). The first kappa shape index (κ1) is 13.7. The van der Waals surface area contributed by atoms with Gasteiger partial charge in [-0.25, -0.2) is 0 Å². The average Bonchev–Trinajstić information content (AvgIpc) is 2.34. The van der Waals surface area contributed by atoms with Crippen molar-refractivity contribution in [2.45, 2.75) is 19.0 Å². The molecule has 6 heteroatoms. The minimum absolute atomic E-state index is 0.119. The molecule has 0 aromatic heterocycles. The second-order valence-corrected chi connectivity index (χ2v) is 3.88. The minimum atomic E-state index is -0.965. The summed E-state index contributed by atoms with van der Waals surface area (Å²) in [6, 6.07) is -1.24. The Morgan fingerprint density at radius 2 is 2.41 bits per heavy atom. The Morgan fingerprint density at radius 3 is 3.00 bits per heavy atom. The lowest BCUT2D eigenvalue weighted by molar-refractivity contribution is -0.153. The van der Waals surface area contributed by atoms with Gasteiger partial charge < -0.3 is 15.2 Å². The van der Waals surface area contributed by atoms with Crippen molar-refractivity contribution >= 4 is 11.9 Å². The summed E-state index contributed by atoms with van der Waals surface area (Å²) < 4.78 is 5.11. The van der Waals surface area contributed by atoms with Crippen LogP contribution in [0.2, 0.25) is 0 Å². The molecule has 0 saturated carbocycles. The van der Waals surface area contributed by atoms with Gasteiger partial charge >= 0.3 is 5.97 Å². The van der Waals surface area contributed by atoms with Crippen LogP contribution in [0.4, 0.5) is 0 Å². The van der Waals surface area contributed by atoms with Gasteiger partial charge in [-0.1, -0.05) is 6.08 Å². The largest absolute Gasteiger partial charge is 0.480 e. The van der Waals surface area contributed by atoms with Crippen LogP contribution in [0.1, 0.15) is 6.92 Å². The molecule has 0 spiro atoms. The first-order valence-corrected chi connectivity index (χ1v) is 5.52. The number of aliphatic carboxylic acids is 1. The third kappa shape index (κ3) is 3.54. The Labute approximate surface area is 100 Å². The number of nitrogens with one attached hydrogen (secondary N) is 1. The quantitative estimate of drug-likeness (QED) is 0.633. The SMILES string of the molecule is C=CCNC(=O)C(C)N1CCOCC1C(=O)O. The van der Waals surface area contributed by atoms with Gasteiger partial charge in [0.25, 0.3) is 0 Å². The van der Waals surface area contributed by atoms with Crippen molar-refractivity contribution < 1.29 is 19.4 Å². The zero-order chi connectivity index (χ0) is 12.8. The van der Waals surface area contributed by atoms with E-state index in [1.807, 2.05) is 0 Å². The summed E-state index contributed by atoms with van der Waals surface area (Å²) in [5, 5.41) is 11.7. The molecule has 0 aromatic rings. The van der Waals surface area contributed by atoms with Crippen molar-refractivity contribution in [1.29, 1.82) is 0 Å². The number of rotatable bonds is 5. The van der Waals surface area contributed by atoms with Crippen molar-refractivity contribution in [3.8, 4) is 0 Å². The number of hydrogen-bond acceptors (Lipinski definition) is 4. The molecule has 2 atom stereocenters. The van der Waals surface area contributed by atoms with Crippen LogP contribution in [-0.4, -0.2) is 60.3 Å². The highest BCUT2D eigenvalue weighted by molar-refractivity contribution is 5.83. The first-order valence-electron chi connectivity index (χ1n) is 5.52. The summed E-state index contributed by atoms with van der Waals surface area (Å²) in [7, 11) is 0. The fourth-order valence-corrected chi connectivity index (χ4v) is 1.76. The Morgan fingerprint density at radius 1 is 1.71 bits per heavy atom. The maximum atomic E-state index is 11.7. The summed E-state index contributed by atoms with van der Waals surface area (Å²) in [5.74, 6) is -1.16. The molecule has 0 aromatic carbocycles. The molecule has 0 radical (unpaired) electrons. The Kier molecular flexibility index (Phi) is 5.11. The molecular weight excluding hydrogens is 224 g/mol. The van der Waals surface area contributed by atoms with Crippen LogP contribution in [0.5, 0.6) is 0 Å². The van der Waals surface area contributed by atoms with E-state index in [-0.39, 0.29) is 12.5 Å². The van der Waals surface area contributed by atoms with Gasteiger partial charge in [0, 0.05) is 13.1 Å². The van der Waals surface area contributed by atoms with Crippen LogP contribution < -0.4 is 5.32 Å². The summed E-state index contributed by atoms with van der Waals surface area (Å²) in [4.78, 5) is 24.4. The Balaban J connectivity index is 2.63. The van der Waals surface area contributed by atoms with Gasteiger partial charge in [-0.15, -0.1) is 6.58 Å². The standard InChI is InChI=1S/C11H18N2O4/c1-3-4-12-10(14)8(2)13-5-6-17-7-9(13)11(15)16/h3,8-9H,1,4-7H2,2H3,(H,12,14)(H,15,16). The highest BCUT2D eigenvalue weighted by atomic mass is 16.5. The molecule has 1 aliphatic heterocycles. The number of nitrogens with zero attached hydrogens (tertiary/aromatic N) is 1. The number of carbonyl (C=O) groups is 2. The lowest BCUT2D eigenvalue weighted by atomic mass is 10.1. The fraction of sp³-hybridized carbons (Fsp3) is 0.636. The van der Waals surface area contributed by atoms with Crippen LogP contribution in [0.3, 0.4) is 0 Å². The Bertz CT molecular complexity index is 306. The first-order chi connectivity index (χ1) is 8.07. The molecule has 6 nitrogen and oxygen atoms in total. The van der Waals surface area contributed by atoms with Gasteiger partial charge in [-0.05, 0) is 6.92 Å². The Hall–Kier alpha value is -1.40. The lowest BCUT2D eigenvalue weighted by Gasteiger charge is -2.36. The zero-order valence-corrected chi connectivity index (χ0v) is 9.89. The number of morpholine rings is 1. The van der Waals surface area contributed by atoms with E-state index in [0.29, 0.717) is 19.7 Å². The van der Waals surface area contributed by atoms with Crippen molar-refractivity contribution in [3.63, 3.8) is 0 Å². The highest BCUT2D eigenvalue weighted by Crippen LogP contribution is 2.11. The van der Waals surface area contributed by atoms with E-state index in [4.69, 9.17) is 9.84 Å². The summed E-state index contributed by atoms with van der Waals surface area (Å²) >= 11 is 0. The molecule has 1 aliphatic rings. The normalized spacial score (nSPS) is 22.8. The predicted octanol–water partition coefficient (Wildman–Crippen LogP) is -0.537. The van der Waals surface area contributed by atoms with Crippen molar-refractivity contribution in [2.24, 2.45) is 0 Å². The second kappa shape index (κ2) is 6.36. The van der Waals surface area contributed by atoms with E-state index in [0.717, 1.165) is 0 Å². The molecular formula is C11H18N2O4. The minimum Gasteiger partial charge on any atom is -0.480 e. The number of ether oxygens (including phenoxy) is 1. The third-order valence-electron chi connectivity index (χ3n) is 2.75. The summed E-state index contributed by atoms with van der Waals surface area (Å²) in [5.41, 5.74) is 0. The van der Waals surface area contributed by atoms with E-state index in [1.54, 1.807) is 17.9 Å². The number of carboxylic acids is 1. The molecule has 1 heterocycles. The third-order valence-corrected chi connectivity index (χ3v) is 2.75. The van der Waals surface area contributed by atoms with Gasteiger partial charge in [-0.2, -0.15) is 0 Å². The van der Waals surface area contributed by atoms with Crippen LogP contribution in [-0.2, 0) is 14.3 Å². The van der Waals surface area contributed by atoms with E-state index in [2.05, 4.69) is 11.9 Å². The second-order valence-electron chi connectivity index (χ2n) is 3.88. The van der Waals surface area contributed by atoms with Crippen LogP contribution >= 0.6 is 0 Å². The van der Waals surface area contributed by atoms with Crippen LogP contribution in [0.15, 0.2) is 12.7 Å². The molecule has 17 heavy (non-hydrogen) atoms. The topological polar surface area (TPSA) is 78.9 Å². The molecule has 1 saturated heterocycles. The molecule has 1 amide bonds. The fourth-order valence-electron chi connectivity index (χ4n) is 1.76. The number of carboxylic acid groups (broad SMARTS) is 1. The van der Waals surface area contributed by atoms with E-state index in [9.17, 15) is 9.59 Å². The average molecular weight is 242 g/mol. The van der Waals surface area contributed by atoms with Gasteiger partial charge in [0.2, 0.25) is 5.91 Å². The smallest absolute Gasteiger partial charge is 0.323 e. The highest BCUT2D eigenvalue weighted by Gasteiger charge is 2.34. The van der Waals surface area contributed by atoms with Gasteiger partial charge in [0.05, 0.1) is 19.3 Å². The van der Waals surface area contributed by atoms with Crippen LogP contribution in [0.25, 0.3) is 0 Å². The molecule has 2 N–H and O–H groups in total. The summed E-state index contributed by atoms with van der Waals surface area (Å²) in [6.45, 7) is 6.59. The zero-order valence-electron chi connectivity index (χ0n) is 9.89. The van der Waals surface area contributed by atoms with Crippen molar-refractivity contribution in [2.75, 3.05) is 26.3 Å². The van der Waals surface area contributed by atoms with E-state index < -0.39 is 18.1 Å². The molecule has 2 unspecified atom stereocenters. The van der Waals surface area contributed by atoms with E-state index >= 15 is 0 Å². The monoisotopic (exact) mass is 242 g/mol. The number of hydrogen-bond donors (Lipinski definition) is 2. The van der Waals surface area contributed by atoms with Crippen molar-refractivity contribution in [1.82, 2.24) is 10.2 Å². The van der Waals surface area contributed by atoms with Gasteiger partial charge in [0.1, 0.15) is 6.04 Å². The van der Waals surface area contributed by atoms with Gasteiger partial charge in [-0.3, -0.25) is 14.5 Å². The molecule has 0 bridgehead atoms. The van der Waals surface area contributed by atoms with Gasteiger partial charge in [0.15, 0.2) is 0 Å². The molecule has 1 fully saturated rings. The van der Waals surface area contributed by atoms with Crippen LogP contribution in [0, 0.1) is 0 Å². The van der Waals surface area contributed by atoms with Crippen molar-refractivity contribution in [3.05, 3.63) is 12.7 Å². The summed E-state index contributed by atoms with van der Waals surface area (Å²) in [6.07, 6.45) is 1.58. The van der Waals surface area contributed by atoms with E-state index in [1.165, 1.54) is 0 Å². The lowest BCUT2D eigenvalue weighted by Crippen LogP contribution is -2.57. The molecule has 0 aliphatic carbocycles. The maximum Gasteiger partial charge on any atom is 0.323 e. The number of carbonyl (C=O) groups excluding carboxylic acids is 1. The maximum absolute atomic E-state index is 11.7. The molecule has 96 valence electrons.